The van der Waals surface area contributed by atoms with Gasteiger partial charge in [0.25, 0.3) is 0 Å². The van der Waals surface area contributed by atoms with Gasteiger partial charge in [0.1, 0.15) is 5.82 Å². The van der Waals surface area contributed by atoms with Crippen molar-refractivity contribution in [3.63, 3.8) is 0 Å². The maximum Gasteiger partial charge on any atom is 0.227 e. The molecule has 0 aliphatic carbocycles. The van der Waals surface area contributed by atoms with E-state index in [0.717, 1.165) is 17.5 Å². The number of hydrogen-bond acceptors (Lipinski definition) is 3. The number of H-pyrrole nitrogens is 1. The molecule has 0 bridgehead atoms. The second kappa shape index (κ2) is 6.04. The molecule has 5 heteroatoms. The molecule has 0 radical (unpaired) electrons. The van der Waals surface area contributed by atoms with Crippen molar-refractivity contribution in [1.29, 1.82) is 0 Å². The van der Waals surface area contributed by atoms with E-state index in [1.54, 1.807) is 6.20 Å². The van der Waals surface area contributed by atoms with Crippen molar-refractivity contribution in [3.05, 3.63) is 47.7 Å². The Morgan fingerprint density at radius 3 is 2.74 bits per heavy atom. The van der Waals surface area contributed by atoms with Gasteiger partial charge in [-0.05, 0) is 12.0 Å². The van der Waals surface area contributed by atoms with E-state index in [4.69, 9.17) is 5.73 Å². The quantitative estimate of drug-likeness (QED) is 0.764. The molecular weight excluding hydrogens is 240 g/mol. The number of hydrogen-bond donors (Lipinski definition) is 3. The summed E-state index contributed by atoms with van der Waals surface area (Å²) in [5.74, 6) is 0.372. The molecule has 2 rings (SSSR count). The first-order chi connectivity index (χ1) is 9.22. The first-order valence-electron chi connectivity index (χ1n) is 6.32. The van der Waals surface area contributed by atoms with Crippen LogP contribution in [0.25, 0.3) is 0 Å². The van der Waals surface area contributed by atoms with E-state index in [9.17, 15) is 4.79 Å². The monoisotopic (exact) mass is 258 g/mol. The molecule has 19 heavy (non-hydrogen) atoms. The van der Waals surface area contributed by atoms with Crippen molar-refractivity contribution in [2.24, 2.45) is 0 Å². The minimum Gasteiger partial charge on any atom is -0.384 e. The molecule has 0 saturated carbocycles. The number of aromatic amines is 1. The Balaban J connectivity index is 2.00. The number of amides is 1. The highest BCUT2D eigenvalue weighted by atomic mass is 16.1. The zero-order valence-electron chi connectivity index (χ0n) is 10.9. The standard InChI is InChI=1S/C14H18N4O/c1-2-12(10-6-4-3-5-7-10)14(19)16-8-11-9-17-18-13(11)15/h3-7,9,12H,2,8H2,1H3,(H,16,19)(H3,15,17,18). The van der Waals surface area contributed by atoms with Gasteiger partial charge in [0, 0.05) is 12.1 Å². The molecule has 0 fully saturated rings. The van der Waals surface area contributed by atoms with Crippen molar-refractivity contribution in [2.45, 2.75) is 25.8 Å². The van der Waals surface area contributed by atoms with Gasteiger partial charge in [-0.25, -0.2) is 0 Å². The van der Waals surface area contributed by atoms with Crippen molar-refractivity contribution in [2.75, 3.05) is 5.73 Å². The zero-order valence-corrected chi connectivity index (χ0v) is 10.9. The van der Waals surface area contributed by atoms with Gasteiger partial charge in [0.15, 0.2) is 0 Å². The Morgan fingerprint density at radius 1 is 1.42 bits per heavy atom. The van der Waals surface area contributed by atoms with Crippen LogP contribution in [0.15, 0.2) is 36.5 Å². The van der Waals surface area contributed by atoms with E-state index < -0.39 is 0 Å². The minimum atomic E-state index is -0.130. The number of nitrogen functional groups attached to an aromatic ring is 1. The van der Waals surface area contributed by atoms with Gasteiger partial charge >= 0.3 is 0 Å². The number of aromatic nitrogens is 2. The third-order valence-corrected chi connectivity index (χ3v) is 3.13. The zero-order chi connectivity index (χ0) is 13.7. The Hall–Kier alpha value is -2.30. The lowest BCUT2D eigenvalue weighted by Gasteiger charge is -2.15. The van der Waals surface area contributed by atoms with Gasteiger partial charge in [-0.3, -0.25) is 9.89 Å². The van der Waals surface area contributed by atoms with E-state index in [0.29, 0.717) is 12.4 Å². The van der Waals surface area contributed by atoms with Crippen molar-refractivity contribution in [1.82, 2.24) is 15.5 Å². The first-order valence-corrected chi connectivity index (χ1v) is 6.32. The number of benzene rings is 1. The molecule has 1 amide bonds. The lowest BCUT2D eigenvalue weighted by molar-refractivity contribution is -0.122. The summed E-state index contributed by atoms with van der Waals surface area (Å²) in [7, 11) is 0. The molecule has 1 aromatic heterocycles. The van der Waals surface area contributed by atoms with Crippen LogP contribution in [-0.2, 0) is 11.3 Å². The van der Waals surface area contributed by atoms with Crippen LogP contribution in [0.2, 0.25) is 0 Å². The molecule has 0 saturated heterocycles. The molecule has 0 aliphatic heterocycles. The molecule has 1 unspecified atom stereocenters. The fraction of sp³-hybridized carbons (Fsp3) is 0.286. The number of nitrogens with zero attached hydrogens (tertiary/aromatic N) is 1. The van der Waals surface area contributed by atoms with Crippen LogP contribution in [0.5, 0.6) is 0 Å². The third kappa shape index (κ3) is 3.13. The van der Waals surface area contributed by atoms with Crippen LogP contribution in [-0.4, -0.2) is 16.1 Å². The summed E-state index contributed by atoms with van der Waals surface area (Å²) in [6.45, 7) is 2.40. The number of carbonyl (C=O) groups excluding carboxylic acids is 1. The molecule has 1 aromatic carbocycles. The highest BCUT2D eigenvalue weighted by molar-refractivity contribution is 5.83. The summed E-state index contributed by atoms with van der Waals surface area (Å²) in [6, 6.07) is 9.78. The third-order valence-electron chi connectivity index (χ3n) is 3.13. The number of anilines is 1. The summed E-state index contributed by atoms with van der Waals surface area (Å²) >= 11 is 0. The molecule has 100 valence electrons. The molecule has 4 N–H and O–H groups in total. The highest BCUT2D eigenvalue weighted by Crippen LogP contribution is 2.19. The summed E-state index contributed by atoms with van der Waals surface area (Å²) < 4.78 is 0. The normalized spacial score (nSPS) is 12.1. The largest absolute Gasteiger partial charge is 0.384 e. The summed E-state index contributed by atoms with van der Waals surface area (Å²) in [6.07, 6.45) is 2.38. The predicted molar refractivity (Wildman–Crippen MR) is 74.3 cm³/mol. The molecule has 2 aromatic rings. The lowest BCUT2D eigenvalue weighted by atomic mass is 9.95. The molecule has 0 spiro atoms. The number of nitrogens with two attached hydrogens (primary N) is 1. The van der Waals surface area contributed by atoms with Crippen molar-refractivity contribution >= 4 is 11.7 Å². The van der Waals surface area contributed by atoms with Gasteiger partial charge in [-0.15, -0.1) is 0 Å². The average molecular weight is 258 g/mol. The van der Waals surface area contributed by atoms with E-state index in [1.807, 2.05) is 37.3 Å². The first kappa shape index (κ1) is 13.1. The fourth-order valence-electron chi connectivity index (χ4n) is 2.03. The van der Waals surface area contributed by atoms with Gasteiger partial charge in [-0.2, -0.15) is 5.10 Å². The fourth-order valence-corrected chi connectivity index (χ4v) is 2.03. The number of carbonyl (C=O) groups is 1. The maximum absolute atomic E-state index is 12.2. The molecular formula is C14H18N4O. The summed E-state index contributed by atoms with van der Waals surface area (Å²) in [4.78, 5) is 12.2. The topological polar surface area (TPSA) is 83.8 Å². The Labute approximate surface area is 112 Å². The van der Waals surface area contributed by atoms with Gasteiger partial charge < -0.3 is 11.1 Å². The molecule has 1 heterocycles. The predicted octanol–water partition coefficient (Wildman–Crippen LogP) is 1.80. The highest BCUT2D eigenvalue weighted by Gasteiger charge is 2.18. The van der Waals surface area contributed by atoms with Crippen LogP contribution < -0.4 is 11.1 Å². The Bertz CT molecular complexity index is 535. The van der Waals surface area contributed by atoms with E-state index in [1.165, 1.54) is 0 Å². The number of nitrogens with one attached hydrogen (secondary N) is 2. The molecule has 0 aliphatic rings. The Morgan fingerprint density at radius 2 is 2.16 bits per heavy atom. The van der Waals surface area contributed by atoms with Crippen molar-refractivity contribution < 1.29 is 4.79 Å². The molecule has 1 atom stereocenters. The van der Waals surface area contributed by atoms with Crippen LogP contribution in [0.1, 0.15) is 30.4 Å². The van der Waals surface area contributed by atoms with Crippen molar-refractivity contribution in [3.8, 4) is 0 Å². The average Bonchev–Trinajstić information content (AvgIpc) is 2.84. The van der Waals surface area contributed by atoms with Crippen LogP contribution in [0.4, 0.5) is 5.82 Å². The summed E-state index contributed by atoms with van der Waals surface area (Å²) in [5.41, 5.74) is 7.51. The van der Waals surface area contributed by atoms with Gasteiger partial charge in [0.05, 0.1) is 12.1 Å². The second-order valence-electron chi connectivity index (χ2n) is 4.40. The van der Waals surface area contributed by atoms with E-state index in [2.05, 4.69) is 15.5 Å². The smallest absolute Gasteiger partial charge is 0.227 e. The second-order valence-corrected chi connectivity index (χ2v) is 4.40. The van der Waals surface area contributed by atoms with Crippen LogP contribution >= 0.6 is 0 Å². The van der Waals surface area contributed by atoms with Gasteiger partial charge in [0.2, 0.25) is 5.91 Å². The lowest BCUT2D eigenvalue weighted by Crippen LogP contribution is -2.28. The van der Waals surface area contributed by atoms with Crippen LogP contribution in [0.3, 0.4) is 0 Å². The van der Waals surface area contributed by atoms with Crippen LogP contribution in [0, 0.1) is 0 Å². The Kier molecular flexibility index (Phi) is 4.18. The minimum absolute atomic E-state index is 0.00861. The van der Waals surface area contributed by atoms with Gasteiger partial charge in [-0.1, -0.05) is 37.3 Å². The number of rotatable bonds is 5. The maximum atomic E-state index is 12.2. The SMILES string of the molecule is CCC(C(=O)NCc1cn[nH]c1N)c1ccccc1. The van der Waals surface area contributed by atoms with E-state index >= 15 is 0 Å². The van der Waals surface area contributed by atoms with E-state index in [-0.39, 0.29) is 11.8 Å². The molecule has 5 nitrogen and oxygen atoms in total. The summed E-state index contributed by atoms with van der Waals surface area (Å²) in [5, 5.41) is 9.36.